The predicted molar refractivity (Wildman–Crippen MR) is 92.8 cm³/mol. The van der Waals surface area contributed by atoms with Crippen LogP contribution in [0.4, 0.5) is 0 Å². The van der Waals surface area contributed by atoms with Crippen LogP contribution in [0.1, 0.15) is 0 Å². The van der Waals surface area contributed by atoms with Gasteiger partial charge in [0.1, 0.15) is 15.7 Å². The second kappa shape index (κ2) is 5.35. The summed E-state index contributed by atoms with van der Waals surface area (Å²) in [5.74, 6) is 0.911. The first-order valence-corrected chi connectivity index (χ1v) is 8.58. The van der Waals surface area contributed by atoms with E-state index in [9.17, 15) is 5.11 Å². The number of halogens is 1. The van der Waals surface area contributed by atoms with Gasteiger partial charge in [0.2, 0.25) is 0 Å². The smallest absolute Gasteiger partial charge is 0.172 e. The molecule has 3 nitrogen and oxygen atoms in total. The summed E-state index contributed by atoms with van der Waals surface area (Å²) < 4.78 is 0. The van der Waals surface area contributed by atoms with Gasteiger partial charge in [-0.1, -0.05) is 17.7 Å². The summed E-state index contributed by atoms with van der Waals surface area (Å²) in [7, 11) is 0. The van der Waals surface area contributed by atoms with Gasteiger partial charge in [-0.15, -0.1) is 22.7 Å². The van der Waals surface area contributed by atoms with Gasteiger partial charge in [0.25, 0.3) is 0 Å². The maximum Gasteiger partial charge on any atom is 0.172 e. The summed E-state index contributed by atoms with van der Waals surface area (Å²) in [6.07, 6.45) is 0. The van der Waals surface area contributed by atoms with Gasteiger partial charge in [0, 0.05) is 10.3 Å². The number of aromatic nitrogens is 2. The quantitative estimate of drug-likeness (QED) is 0.492. The number of nitrogens with zero attached hydrogens (tertiary/aromatic N) is 2. The van der Waals surface area contributed by atoms with E-state index in [4.69, 9.17) is 11.6 Å². The maximum atomic E-state index is 9.39. The van der Waals surface area contributed by atoms with Crippen molar-refractivity contribution in [2.45, 2.75) is 0 Å². The zero-order chi connectivity index (χ0) is 15.1. The van der Waals surface area contributed by atoms with E-state index >= 15 is 0 Å². The third-order valence-corrected chi connectivity index (χ3v) is 5.47. The standard InChI is InChI=1S/C16H9ClN2OS2/c17-14-11-8-13(9-3-5-10(20)6-4-9)22-16(11)19-15(18-14)12-2-1-7-21-12/h1-8,20H. The highest BCUT2D eigenvalue weighted by Gasteiger charge is 2.13. The molecule has 3 aromatic heterocycles. The first-order chi connectivity index (χ1) is 10.7. The SMILES string of the molecule is Oc1ccc(-c2cc3c(Cl)nc(-c4cccs4)nc3s2)cc1. The van der Waals surface area contributed by atoms with Crippen molar-refractivity contribution in [1.82, 2.24) is 9.97 Å². The third kappa shape index (κ3) is 2.37. The van der Waals surface area contributed by atoms with E-state index in [1.165, 1.54) is 0 Å². The Labute approximate surface area is 139 Å². The molecule has 1 N–H and O–H groups in total. The minimum absolute atomic E-state index is 0.252. The fraction of sp³-hybridized carbons (Fsp3) is 0. The topological polar surface area (TPSA) is 46.0 Å². The molecule has 0 saturated carbocycles. The second-order valence-electron chi connectivity index (χ2n) is 4.69. The third-order valence-electron chi connectivity index (χ3n) is 3.24. The van der Waals surface area contributed by atoms with Gasteiger partial charge in [-0.3, -0.25) is 0 Å². The monoisotopic (exact) mass is 344 g/mol. The van der Waals surface area contributed by atoms with E-state index in [0.29, 0.717) is 11.0 Å². The molecule has 0 atom stereocenters. The Kier molecular flexibility index (Phi) is 3.33. The van der Waals surface area contributed by atoms with E-state index in [0.717, 1.165) is 25.5 Å². The maximum absolute atomic E-state index is 9.39. The molecule has 0 spiro atoms. The van der Waals surface area contributed by atoms with Crippen LogP contribution in [0.15, 0.2) is 47.8 Å². The van der Waals surface area contributed by atoms with E-state index < -0.39 is 0 Å². The number of fused-ring (bicyclic) bond motifs is 1. The average molecular weight is 345 g/mol. The van der Waals surface area contributed by atoms with Crippen LogP contribution in [-0.2, 0) is 0 Å². The van der Waals surface area contributed by atoms with Gasteiger partial charge in [-0.05, 0) is 47.3 Å². The Bertz CT molecular complexity index is 946. The summed E-state index contributed by atoms with van der Waals surface area (Å²) in [6, 6.07) is 13.0. The zero-order valence-electron chi connectivity index (χ0n) is 11.2. The summed E-state index contributed by atoms with van der Waals surface area (Å²) in [5, 5.41) is 12.7. The van der Waals surface area contributed by atoms with Gasteiger partial charge in [-0.25, -0.2) is 9.97 Å². The summed E-state index contributed by atoms with van der Waals surface area (Å²) in [4.78, 5) is 11.9. The van der Waals surface area contributed by atoms with E-state index in [2.05, 4.69) is 9.97 Å². The van der Waals surface area contributed by atoms with Crippen LogP contribution in [0.25, 0.3) is 31.4 Å². The molecule has 0 bridgehead atoms. The summed E-state index contributed by atoms with van der Waals surface area (Å²) in [5.41, 5.74) is 1.02. The first kappa shape index (κ1) is 13.7. The number of hydrogen-bond acceptors (Lipinski definition) is 5. The second-order valence-corrected chi connectivity index (χ2v) is 7.03. The van der Waals surface area contributed by atoms with Gasteiger partial charge in [-0.2, -0.15) is 0 Å². The molecule has 1 aromatic carbocycles. The highest BCUT2D eigenvalue weighted by atomic mass is 35.5. The Morgan fingerprint density at radius 3 is 2.55 bits per heavy atom. The fourth-order valence-corrected chi connectivity index (χ4v) is 4.14. The zero-order valence-corrected chi connectivity index (χ0v) is 13.5. The van der Waals surface area contributed by atoms with Gasteiger partial charge in [0.15, 0.2) is 5.82 Å². The highest BCUT2D eigenvalue weighted by molar-refractivity contribution is 7.22. The number of hydrogen-bond donors (Lipinski definition) is 1. The van der Waals surface area contributed by atoms with Gasteiger partial charge >= 0.3 is 0 Å². The van der Waals surface area contributed by atoms with Crippen LogP contribution in [0, 0.1) is 0 Å². The minimum Gasteiger partial charge on any atom is -0.508 e. The molecule has 22 heavy (non-hydrogen) atoms. The van der Waals surface area contributed by atoms with Crippen molar-refractivity contribution in [2.24, 2.45) is 0 Å². The minimum atomic E-state index is 0.252. The van der Waals surface area contributed by atoms with Crippen LogP contribution < -0.4 is 0 Å². The molecule has 0 radical (unpaired) electrons. The Morgan fingerprint density at radius 2 is 1.82 bits per heavy atom. The van der Waals surface area contributed by atoms with Crippen LogP contribution >= 0.6 is 34.3 Å². The first-order valence-electron chi connectivity index (χ1n) is 6.51. The molecule has 0 fully saturated rings. The molecule has 6 heteroatoms. The largest absolute Gasteiger partial charge is 0.508 e. The summed E-state index contributed by atoms with van der Waals surface area (Å²) >= 11 is 9.49. The molecule has 0 unspecified atom stereocenters. The van der Waals surface area contributed by atoms with Gasteiger partial charge < -0.3 is 5.11 Å². The number of phenols is 1. The lowest BCUT2D eigenvalue weighted by Gasteiger charge is -1.97. The average Bonchev–Trinajstić information content (AvgIpc) is 3.17. The molecule has 0 amide bonds. The number of thiophene rings is 2. The lowest BCUT2D eigenvalue weighted by Crippen LogP contribution is -1.86. The normalized spacial score (nSPS) is 11.1. The molecule has 0 aliphatic heterocycles. The molecular weight excluding hydrogens is 336 g/mol. The molecule has 4 rings (SSSR count). The van der Waals surface area contributed by atoms with Gasteiger partial charge in [0.05, 0.1) is 4.88 Å². The van der Waals surface area contributed by atoms with Crippen LogP contribution in [-0.4, -0.2) is 15.1 Å². The highest BCUT2D eigenvalue weighted by Crippen LogP contribution is 2.37. The predicted octanol–water partition coefficient (Wildman–Crippen LogP) is 5.45. The van der Waals surface area contributed by atoms with Crippen molar-refractivity contribution in [1.29, 1.82) is 0 Å². The lowest BCUT2D eigenvalue weighted by molar-refractivity contribution is 0.475. The fourth-order valence-electron chi connectivity index (χ4n) is 2.17. The molecule has 0 aliphatic rings. The Morgan fingerprint density at radius 1 is 1.00 bits per heavy atom. The Balaban J connectivity index is 1.87. The lowest BCUT2D eigenvalue weighted by atomic mass is 10.2. The number of benzene rings is 1. The molecule has 0 saturated heterocycles. The van der Waals surface area contributed by atoms with Crippen molar-refractivity contribution in [3.63, 3.8) is 0 Å². The van der Waals surface area contributed by atoms with Crippen molar-refractivity contribution in [2.75, 3.05) is 0 Å². The molecular formula is C16H9ClN2OS2. The molecule has 4 aromatic rings. The van der Waals surface area contributed by atoms with Crippen LogP contribution in [0.5, 0.6) is 5.75 Å². The molecule has 0 aliphatic carbocycles. The Hall–Kier alpha value is -1.95. The van der Waals surface area contributed by atoms with Crippen molar-refractivity contribution in [3.8, 4) is 26.9 Å². The van der Waals surface area contributed by atoms with Crippen LogP contribution in [0.2, 0.25) is 5.15 Å². The van der Waals surface area contributed by atoms with E-state index in [1.54, 1.807) is 34.8 Å². The van der Waals surface area contributed by atoms with Crippen molar-refractivity contribution >= 4 is 44.5 Å². The number of aromatic hydroxyl groups is 1. The summed E-state index contributed by atoms with van der Waals surface area (Å²) in [6.45, 7) is 0. The molecule has 3 heterocycles. The molecule has 108 valence electrons. The number of phenolic OH excluding ortho intramolecular Hbond substituents is 1. The van der Waals surface area contributed by atoms with E-state index in [-0.39, 0.29) is 5.75 Å². The van der Waals surface area contributed by atoms with Crippen LogP contribution in [0.3, 0.4) is 0 Å². The van der Waals surface area contributed by atoms with Crippen molar-refractivity contribution in [3.05, 3.63) is 53.0 Å². The number of rotatable bonds is 2. The van der Waals surface area contributed by atoms with E-state index in [1.807, 2.05) is 35.7 Å². The van der Waals surface area contributed by atoms with Crippen molar-refractivity contribution < 1.29 is 5.11 Å².